The Balaban J connectivity index is 1.71. The van der Waals surface area contributed by atoms with Crippen LogP contribution in [0.2, 0.25) is 0 Å². The van der Waals surface area contributed by atoms with Gasteiger partial charge in [0.1, 0.15) is 6.26 Å². The molecule has 0 aliphatic heterocycles. The first-order valence-electron chi connectivity index (χ1n) is 7.74. The maximum Gasteiger partial charge on any atom is 0.302 e. The van der Waals surface area contributed by atoms with Gasteiger partial charge < -0.3 is 9.73 Å². The number of nitrogens with zero attached hydrogens (tertiary/aromatic N) is 1. The molecule has 3 aromatic rings. The van der Waals surface area contributed by atoms with Crippen molar-refractivity contribution in [1.29, 1.82) is 0 Å². The smallest absolute Gasteiger partial charge is 0.302 e. The van der Waals surface area contributed by atoms with Crippen molar-refractivity contribution in [3.8, 4) is 0 Å². The molecular formula is C19H17N3O3. The minimum absolute atomic E-state index is 0.0273. The minimum Gasteiger partial charge on any atom is -0.431 e. The summed E-state index contributed by atoms with van der Waals surface area (Å²) >= 11 is 0. The van der Waals surface area contributed by atoms with Crippen LogP contribution in [-0.2, 0) is 0 Å². The van der Waals surface area contributed by atoms with E-state index in [2.05, 4.69) is 15.6 Å². The first-order valence-corrected chi connectivity index (χ1v) is 7.74. The highest BCUT2D eigenvalue weighted by atomic mass is 16.4. The molecule has 126 valence electrons. The van der Waals surface area contributed by atoms with Crippen LogP contribution >= 0.6 is 0 Å². The third-order valence-electron chi connectivity index (χ3n) is 3.71. The molecule has 0 aliphatic rings. The van der Waals surface area contributed by atoms with Crippen molar-refractivity contribution in [1.82, 2.24) is 4.98 Å². The van der Waals surface area contributed by atoms with Crippen LogP contribution in [0.5, 0.6) is 0 Å². The van der Waals surface area contributed by atoms with Gasteiger partial charge in [0.15, 0.2) is 5.69 Å². The number of benzene rings is 2. The molecule has 0 radical (unpaired) electrons. The predicted molar refractivity (Wildman–Crippen MR) is 94.8 cm³/mol. The Morgan fingerprint density at radius 2 is 1.56 bits per heavy atom. The van der Waals surface area contributed by atoms with Gasteiger partial charge in [-0.3, -0.25) is 14.9 Å². The Morgan fingerprint density at radius 1 is 0.880 bits per heavy atom. The fourth-order valence-electron chi connectivity index (χ4n) is 2.38. The topological polar surface area (TPSA) is 84.2 Å². The fourth-order valence-corrected chi connectivity index (χ4v) is 2.38. The van der Waals surface area contributed by atoms with E-state index in [4.69, 9.17) is 4.42 Å². The zero-order chi connectivity index (χ0) is 17.8. The highest BCUT2D eigenvalue weighted by molar-refractivity contribution is 6.05. The number of para-hydroxylation sites is 1. The van der Waals surface area contributed by atoms with Crippen LogP contribution in [0.15, 0.2) is 59.2 Å². The van der Waals surface area contributed by atoms with Crippen LogP contribution in [-0.4, -0.2) is 16.8 Å². The van der Waals surface area contributed by atoms with Gasteiger partial charge in [-0.1, -0.05) is 36.4 Å². The number of carbonyl (C=O) groups excluding carboxylic acids is 2. The summed E-state index contributed by atoms with van der Waals surface area (Å²) in [5.41, 5.74) is 3.21. The van der Waals surface area contributed by atoms with E-state index in [9.17, 15) is 9.59 Å². The first kappa shape index (κ1) is 16.4. The van der Waals surface area contributed by atoms with Gasteiger partial charge >= 0.3 is 6.01 Å². The molecule has 0 saturated heterocycles. The quantitative estimate of drug-likeness (QED) is 0.759. The van der Waals surface area contributed by atoms with Crippen LogP contribution in [0.25, 0.3) is 0 Å². The summed E-state index contributed by atoms with van der Waals surface area (Å²) in [6, 6.07) is 14.4. The van der Waals surface area contributed by atoms with E-state index < -0.39 is 5.91 Å². The van der Waals surface area contributed by atoms with Crippen molar-refractivity contribution in [2.45, 2.75) is 13.8 Å². The monoisotopic (exact) mass is 335 g/mol. The zero-order valence-corrected chi connectivity index (χ0v) is 13.9. The standard InChI is InChI=1S/C19H17N3O3/c1-12-7-6-8-13(2)16(12)21-18(24)15-11-25-19(20-15)22-17(23)14-9-4-3-5-10-14/h3-11H,1-2H3,(H,21,24)(H,20,22,23). The van der Waals surface area contributed by atoms with Crippen molar-refractivity contribution in [2.24, 2.45) is 0 Å². The van der Waals surface area contributed by atoms with Gasteiger partial charge in [-0.05, 0) is 37.1 Å². The largest absolute Gasteiger partial charge is 0.431 e. The highest BCUT2D eigenvalue weighted by Gasteiger charge is 2.16. The third kappa shape index (κ3) is 3.74. The van der Waals surface area contributed by atoms with Crippen molar-refractivity contribution >= 4 is 23.5 Å². The third-order valence-corrected chi connectivity index (χ3v) is 3.71. The van der Waals surface area contributed by atoms with Gasteiger partial charge in [0.05, 0.1) is 0 Å². The summed E-state index contributed by atoms with van der Waals surface area (Å²) in [7, 11) is 0. The molecule has 3 rings (SSSR count). The average Bonchev–Trinajstić information content (AvgIpc) is 3.07. The van der Waals surface area contributed by atoms with Crippen molar-refractivity contribution in [3.63, 3.8) is 0 Å². The van der Waals surface area contributed by atoms with Crippen molar-refractivity contribution in [3.05, 3.63) is 77.2 Å². The lowest BCUT2D eigenvalue weighted by atomic mass is 10.1. The van der Waals surface area contributed by atoms with Gasteiger partial charge in [0.2, 0.25) is 0 Å². The lowest BCUT2D eigenvalue weighted by Crippen LogP contribution is -2.15. The second-order valence-electron chi connectivity index (χ2n) is 5.58. The molecule has 0 bridgehead atoms. The Labute approximate surface area is 144 Å². The van der Waals surface area contributed by atoms with Gasteiger partial charge in [0, 0.05) is 11.3 Å². The van der Waals surface area contributed by atoms with Crippen LogP contribution in [0.1, 0.15) is 32.0 Å². The van der Waals surface area contributed by atoms with Crippen LogP contribution in [0.4, 0.5) is 11.7 Å². The summed E-state index contributed by atoms with van der Waals surface area (Å²) in [5.74, 6) is -0.759. The van der Waals surface area contributed by atoms with Gasteiger partial charge in [-0.25, -0.2) is 0 Å². The van der Waals surface area contributed by atoms with Crippen LogP contribution < -0.4 is 10.6 Å². The maximum absolute atomic E-state index is 12.3. The summed E-state index contributed by atoms with van der Waals surface area (Å²) in [5, 5.41) is 5.34. The molecule has 2 N–H and O–H groups in total. The number of carbonyl (C=O) groups is 2. The maximum atomic E-state index is 12.3. The molecule has 2 aromatic carbocycles. The van der Waals surface area contributed by atoms with E-state index in [-0.39, 0.29) is 17.6 Å². The molecule has 6 heteroatoms. The number of hydrogen-bond donors (Lipinski definition) is 2. The Kier molecular flexibility index (Phi) is 4.61. The van der Waals surface area contributed by atoms with E-state index in [1.807, 2.05) is 38.1 Å². The number of aromatic nitrogens is 1. The van der Waals surface area contributed by atoms with E-state index >= 15 is 0 Å². The average molecular weight is 335 g/mol. The molecule has 0 aliphatic carbocycles. The number of hydrogen-bond acceptors (Lipinski definition) is 4. The Hall–Kier alpha value is -3.41. The molecule has 0 spiro atoms. The number of anilines is 2. The second-order valence-corrected chi connectivity index (χ2v) is 5.58. The minimum atomic E-state index is -0.402. The predicted octanol–water partition coefficient (Wildman–Crippen LogP) is 3.80. The number of rotatable bonds is 4. The molecule has 0 fully saturated rings. The molecule has 1 aromatic heterocycles. The normalized spacial score (nSPS) is 10.3. The molecule has 2 amide bonds. The van der Waals surface area contributed by atoms with Crippen molar-refractivity contribution < 1.29 is 14.0 Å². The Morgan fingerprint density at radius 3 is 2.24 bits per heavy atom. The van der Waals surface area contributed by atoms with Gasteiger partial charge in [0.25, 0.3) is 11.8 Å². The summed E-state index contributed by atoms with van der Waals surface area (Å²) in [4.78, 5) is 28.4. The van der Waals surface area contributed by atoms with E-state index in [0.717, 1.165) is 16.8 Å². The van der Waals surface area contributed by atoms with Gasteiger partial charge in [-0.2, -0.15) is 4.98 Å². The fraction of sp³-hybridized carbons (Fsp3) is 0.105. The number of aryl methyl sites for hydroxylation is 2. The number of amides is 2. The summed E-state index contributed by atoms with van der Waals surface area (Å²) < 4.78 is 5.17. The molecular weight excluding hydrogens is 318 g/mol. The SMILES string of the molecule is Cc1cccc(C)c1NC(=O)c1coc(NC(=O)c2ccccc2)n1. The van der Waals surface area contributed by atoms with E-state index in [0.29, 0.717) is 5.56 Å². The van der Waals surface area contributed by atoms with Crippen molar-refractivity contribution in [2.75, 3.05) is 10.6 Å². The van der Waals surface area contributed by atoms with Crippen LogP contribution in [0.3, 0.4) is 0 Å². The number of oxazole rings is 1. The molecule has 0 atom stereocenters. The van der Waals surface area contributed by atoms with E-state index in [1.54, 1.807) is 24.3 Å². The molecule has 25 heavy (non-hydrogen) atoms. The second kappa shape index (κ2) is 7.00. The highest BCUT2D eigenvalue weighted by Crippen LogP contribution is 2.20. The van der Waals surface area contributed by atoms with Crippen LogP contribution in [0, 0.1) is 13.8 Å². The van der Waals surface area contributed by atoms with E-state index in [1.165, 1.54) is 6.26 Å². The summed E-state index contributed by atoms with van der Waals surface area (Å²) in [6.45, 7) is 3.83. The lowest BCUT2D eigenvalue weighted by molar-refractivity contribution is 0.101. The summed E-state index contributed by atoms with van der Waals surface area (Å²) in [6.07, 6.45) is 1.21. The molecule has 0 saturated carbocycles. The number of nitrogens with one attached hydrogen (secondary N) is 2. The van der Waals surface area contributed by atoms with Gasteiger partial charge in [-0.15, -0.1) is 0 Å². The first-order chi connectivity index (χ1) is 12.0. The lowest BCUT2D eigenvalue weighted by Gasteiger charge is -2.09. The molecule has 1 heterocycles. The molecule has 6 nitrogen and oxygen atoms in total. The Bertz CT molecular complexity index is 896. The zero-order valence-electron chi connectivity index (χ0n) is 13.9. The molecule has 0 unspecified atom stereocenters.